The van der Waals surface area contributed by atoms with E-state index in [4.69, 9.17) is 4.74 Å². The highest BCUT2D eigenvalue weighted by atomic mass is 16.5. The Hall–Kier alpha value is -1.52. The van der Waals surface area contributed by atoms with E-state index < -0.39 is 0 Å². The maximum absolute atomic E-state index is 11.3. The van der Waals surface area contributed by atoms with Crippen molar-refractivity contribution >= 4 is 12.0 Å². The Bertz CT molecular complexity index is 342. The molecule has 1 rings (SSSR count). The molecule has 2 amide bonds. The lowest BCUT2D eigenvalue weighted by molar-refractivity contribution is -0.144. The number of nitrogens with zero attached hydrogens (tertiary/aromatic N) is 1. The molecule has 1 aliphatic heterocycles. The van der Waals surface area contributed by atoms with Gasteiger partial charge in [-0.2, -0.15) is 0 Å². The first-order valence-electron chi connectivity index (χ1n) is 6.90. The van der Waals surface area contributed by atoms with Crippen LogP contribution in [0.1, 0.15) is 39.5 Å². The summed E-state index contributed by atoms with van der Waals surface area (Å²) in [7, 11) is 1.76. The highest BCUT2D eigenvalue weighted by Crippen LogP contribution is 2.10. The molecule has 1 saturated heterocycles. The quantitative estimate of drug-likeness (QED) is 0.437. The van der Waals surface area contributed by atoms with Crippen molar-refractivity contribution in [3.05, 3.63) is 12.2 Å². The average Bonchev–Trinajstić information content (AvgIpc) is 2.65. The number of hydrogen-bond acceptors (Lipinski definition) is 3. The Kier molecular flexibility index (Phi) is 6.39. The van der Waals surface area contributed by atoms with Crippen LogP contribution in [0.15, 0.2) is 12.2 Å². The molecule has 1 fully saturated rings. The molecule has 0 saturated carbocycles. The number of amides is 2. The van der Waals surface area contributed by atoms with Crippen LogP contribution >= 0.6 is 0 Å². The van der Waals surface area contributed by atoms with Gasteiger partial charge in [0.15, 0.2) is 0 Å². The minimum absolute atomic E-state index is 0.00160. The number of ether oxygens (including phenoxy) is 1. The number of nitrogens with one attached hydrogen (secondary N) is 1. The predicted octanol–water partition coefficient (Wildman–Crippen LogP) is 2.08. The molecule has 0 spiro atoms. The van der Waals surface area contributed by atoms with Crippen LogP contribution in [0.25, 0.3) is 0 Å². The third-order valence-corrected chi connectivity index (χ3v) is 3.09. The van der Waals surface area contributed by atoms with E-state index in [1.165, 1.54) is 6.92 Å². The van der Waals surface area contributed by atoms with Gasteiger partial charge in [-0.3, -0.25) is 4.79 Å². The third kappa shape index (κ3) is 5.77. The topological polar surface area (TPSA) is 58.6 Å². The Labute approximate surface area is 115 Å². The Morgan fingerprint density at radius 3 is 2.84 bits per heavy atom. The van der Waals surface area contributed by atoms with Crippen molar-refractivity contribution in [1.29, 1.82) is 0 Å². The van der Waals surface area contributed by atoms with Gasteiger partial charge in [0, 0.05) is 20.5 Å². The van der Waals surface area contributed by atoms with Crippen LogP contribution in [0.5, 0.6) is 0 Å². The normalized spacial score (nSPS) is 20.7. The summed E-state index contributed by atoms with van der Waals surface area (Å²) in [5, 5.41) is 2.84. The third-order valence-electron chi connectivity index (χ3n) is 3.09. The highest BCUT2D eigenvalue weighted by Gasteiger charge is 2.23. The summed E-state index contributed by atoms with van der Waals surface area (Å²) in [6.07, 6.45) is 7.76. The van der Waals surface area contributed by atoms with Crippen molar-refractivity contribution < 1.29 is 14.3 Å². The van der Waals surface area contributed by atoms with Crippen molar-refractivity contribution in [2.24, 2.45) is 0 Å². The van der Waals surface area contributed by atoms with Crippen molar-refractivity contribution in [3.8, 4) is 0 Å². The van der Waals surface area contributed by atoms with E-state index in [1.807, 2.05) is 12.2 Å². The van der Waals surface area contributed by atoms with Crippen LogP contribution in [0.3, 0.4) is 0 Å². The minimum Gasteiger partial charge on any atom is -0.458 e. The molecular weight excluding hydrogens is 244 g/mol. The molecule has 5 nitrogen and oxygen atoms in total. The number of likely N-dealkylation sites (N-methyl/N-ethyl adjacent to an activating group) is 1. The van der Waals surface area contributed by atoms with Gasteiger partial charge in [0.05, 0.1) is 6.04 Å². The van der Waals surface area contributed by atoms with E-state index in [0.29, 0.717) is 6.54 Å². The zero-order chi connectivity index (χ0) is 14.3. The van der Waals surface area contributed by atoms with Crippen molar-refractivity contribution in [1.82, 2.24) is 10.2 Å². The molecule has 1 aliphatic rings. The standard InChI is InChI=1S/C14H24N2O3/c1-4-5-6-7-13(19-11(2)17)9-8-12-10-16(3)14(18)15-12/h8-9,12-13H,4-7,10H2,1-3H3,(H,15,18)/b9-8+. The van der Waals surface area contributed by atoms with Crippen molar-refractivity contribution in [2.45, 2.75) is 51.7 Å². The number of carbonyl (C=O) groups excluding carboxylic acids is 2. The smallest absolute Gasteiger partial charge is 0.317 e. The lowest BCUT2D eigenvalue weighted by atomic mass is 10.1. The van der Waals surface area contributed by atoms with Crippen molar-refractivity contribution in [3.63, 3.8) is 0 Å². The van der Waals surface area contributed by atoms with E-state index in [1.54, 1.807) is 11.9 Å². The molecule has 0 aromatic heterocycles. The van der Waals surface area contributed by atoms with E-state index >= 15 is 0 Å². The van der Waals surface area contributed by atoms with Gasteiger partial charge in [0.1, 0.15) is 6.10 Å². The zero-order valence-corrected chi connectivity index (χ0v) is 12.0. The van der Waals surface area contributed by atoms with Crippen LogP contribution in [0, 0.1) is 0 Å². The van der Waals surface area contributed by atoms with Gasteiger partial charge in [-0.25, -0.2) is 4.79 Å². The summed E-state index contributed by atoms with van der Waals surface area (Å²) in [5.41, 5.74) is 0. The van der Waals surface area contributed by atoms with Gasteiger partial charge in [-0.15, -0.1) is 0 Å². The number of urea groups is 1. The average molecular weight is 268 g/mol. The van der Waals surface area contributed by atoms with Gasteiger partial charge >= 0.3 is 12.0 Å². The molecule has 2 unspecified atom stereocenters. The fourth-order valence-corrected chi connectivity index (χ4v) is 2.06. The number of hydrogen-bond donors (Lipinski definition) is 1. The number of carbonyl (C=O) groups is 2. The van der Waals surface area contributed by atoms with Crippen LogP contribution in [-0.4, -0.2) is 42.6 Å². The monoisotopic (exact) mass is 268 g/mol. The Morgan fingerprint density at radius 2 is 2.32 bits per heavy atom. The Balaban J connectivity index is 2.46. The Morgan fingerprint density at radius 1 is 1.58 bits per heavy atom. The summed E-state index contributed by atoms with van der Waals surface area (Å²) >= 11 is 0. The second-order valence-electron chi connectivity index (χ2n) is 4.97. The maximum atomic E-state index is 11.3. The first-order chi connectivity index (χ1) is 9.02. The molecule has 19 heavy (non-hydrogen) atoms. The molecule has 0 radical (unpaired) electrons. The molecule has 2 atom stereocenters. The molecular formula is C14H24N2O3. The number of unbranched alkanes of at least 4 members (excludes halogenated alkanes) is 2. The molecule has 0 aromatic rings. The van der Waals surface area contributed by atoms with E-state index in [0.717, 1.165) is 25.7 Å². The van der Waals surface area contributed by atoms with Crippen LogP contribution in [0.2, 0.25) is 0 Å². The van der Waals surface area contributed by atoms with Crippen LogP contribution in [0.4, 0.5) is 4.79 Å². The van der Waals surface area contributed by atoms with Gasteiger partial charge in [0.25, 0.3) is 0 Å². The van der Waals surface area contributed by atoms with E-state index in [2.05, 4.69) is 12.2 Å². The minimum atomic E-state index is -0.265. The molecule has 5 heteroatoms. The SMILES string of the molecule is CCCCCC(/C=C/C1CN(C)C(=O)N1)OC(C)=O. The highest BCUT2D eigenvalue weighted by molar-refractivity contribution is 5.76. The van der Waals surface area contributed by atoms with Gasteiger partial charge in [0.2, 0.25) is 0 Å². The first-order valence-corrected chi connectivity index (χ1v) is 6.90. The van der Waals surface area contributed by atoms with E-state index in [9.17, 15) is 9.59 Å². The largest absolute Gasteiger partial charge is 0.458 e. The lowest BCUT2D eigenvalue weighted by Crippen LogP contribution is -2.26. The van der Waals surface area contributed by atoms with Crippen LogP contribution in [-0.2, 0) is 9.53 Å². The summed E-state index contributed by atoms with van der Waals surface area (Å²) in [6, 6.07) is -0.0635. The van der Waals surface area contributed by atoms with Gasteiger partial charge < -0.3 is 15.0 Å². The number of esters is 1. The second-order valence-corrected chi connectivity index (χ2v) is 4.97. The zero-order valence-electron chi connectivity index (χ0n) is 12.0. The maximum Gasteiger partial charge on any atom is 0.317 e. The van der Waals surface area contributed by atoms with E-state index in [-0.39, 0.29) is 24.1 Å². The van der Waals surface area contributed by atoms with Crippen LogP contribution < -0.4 is 5.32 Å². The van der Waals surface area contributed by atoms with Crippen molar-refractivity contribution in [2.75, 3.05) is 13.6 Å². The first kappa shape index (κ1) is 15.5. The molecule has 0 bridgehead atoms. The molecule has 108 valence electrons. The molecule has 0 aromatic carbocycles. The predicted molar refractivity (Wildman–Crippen MR) is 73.8 cm³/mol. The molecule has 0 aliphatic carbocycles. The molecule has 1 N–H and O–H groups in total. The summed E-state index contributed by atoms with van der Waals surface area (Å²) in [6.45, 7) is 4.21. The summed E-state index contributed by atoms with van der Waals surface area (Å²) in [5.74, 6) is -0.265. The number of rotatable bonds is 7. The summed E-state index contributed by atoms with van der Waals surface area (Å²) in [4.78, 5) is 24.0. The summed E-state index contributed by atoms with van der Waals surface area (Å²) < 4.78 is 5.26. The fourth-order valence-electron chi connectivity index (χ4n) is 2.06. The fraction of sp³-hybridized carbons (Fsp3) is 0.714. The van der Waals surface area contributed by atoms with Gasteiger partial charge in [-0.1, -0.05) is 25.8 Å². The van der Waals surface area contributed by atoms with Gasteiger partial charge in [-0.05, 0) is 18.9 Å². The molecule has 1 heterocycles. The second kappa shape index (κ2) is 7.81. The lowest BCUT2D eigenvalue weighted by Gasteiger charge is -2.13.